The Morgan fingerprint density at radius 3 is 2.00 bits per heavy atom. The molecule has 1 amide bonds. The van der Waals surface area contributed by atoms with Gasteiger partial charge in [-0.25, -0.2) is 0 Å². The third kappa shape index (κ3) is 8.65. The predicted octanol–water partition coefficient (Wildman–Crippen LogP) is 9.96. The van der Waals surface area contributed by atoms with Gasteiger partial charge in [0.15, 0.2) is 0 Å². The molecule has 0 spiro atoms. The van der Waals surface area contributed by atoms with Crippen molar-refractivity contribution in [3.63, 3.8) is 0 Å². The van der Waals surface area contributed by atoms with E-state index in [0.29, 0.717) is 44.6 Å². The van der Waals surface area contributed by atoms with E-state index in [1.165, 1.54) is 30.3 Å². The fourth-order valence-corrected chi connectivity index (χ4v) is 5.47. The highest BCUT2D eigenvalue weighted by Crippen LogP contribution is 2.40. The number of anilines is 1. The highest BCUT2D eigenvalue weighted by atomic mass is 35.5. The zero-order chi connectivity index (χ0) is 34.7. The first-order chi connectivity index (χ1) is 22.0. The van der Waals surface area contributed by atoms with Crippen LogP contribution in [0.3, 0.4) is 0 Å². The van der Waals surface area contributed by atoms with Crippen LogP contribution < -0.4 is 10.6 Å². The van der Waals surface area contributed by atoms with Crippen LogP contribution in [0.5, 0.6) is 0 Å². The first-order valence-electron chi connectivity index (χ1n) is 14.5. The first kappa shape index (κ1) is 35.3. The molecule has 4 aromatic carbocycles. The van der Waals surface area contributed by atoms with Gasteiger partial charge in [0.25, 0.3) is 5.91 Å². The molecule has 0 heterocycles. The Kier molecular flexibility index (Phi) is 10.6. The van der Waals surface area contributed by atoms with Crippen molar-refractivity contribution in [2.24, 2.45) is 0 Å². The lowest BCUT2D eigenvalue weighted by molar-refractivity contribution is -0.138. The Hall–Kier alpha value is -4.51. The van der Waals surface area contributed by atoms with E-state index < -0.39 is 35.4 Å². The van der Waals surface area contributed by atoms with Crippen molar-refractivity contribution >= 4 is 29.2 Å². The largest absolute Gasteiger partial charge is 0.481 e. The van der Waals surface area contributed by atoms with Gasteiger partial charge in [0.1, 0.15) is 0 Å². The normalized spacial score (nSPS) is 11.9. The zero-order valence-corrected chi connectivity index (χ0v) is 26.3. The summed E-state index contributed by atoms with van der Waals surface area (Å²) in [5, 5.41) is 14.8. The second-order valence-corrected chi connectivity index (χ2v) is 11.7. The number of rotatable bonds is 10. The molecule has 248 valence electrons. The van der Waals surface area contributed by atoms with Crippen molar-refractivity contribution in [2.45, 2.75) is 52.0 Å². The summed E-state index contributed by atoms with van der Waals surface area (Å²) >= 11 is 6.57. The number of alkyl halides is 6. The van der Waals surface area contributed by atoms with Gasteiger partial charge in [-0.05, 0) is 94.8 Å². The number of carboxylic acid groups (broad SMARTS) is 1. The number of carboxylic acids is 1. The SMILES string of the molecule is Cc1cc(C(F)(F)F)ccc1-c1ccc(NCc2c(-c3ccc(C(=O)NCCC(=O)O)cc3)cc(C(F)(F)F)cc2C(C)C)cc1Cl. The van der Waals surface area contributed by atoms with Gasteiger partial charge >= 0.3 is 18.3 Å². The number of benzene rings is 4. The van der Waals surface area contributed by atoms with E-state index in [4.69, 9.17) is 16.7 Å². The number of hydrogen-bond donors (Lipinski definition) is 3. The molecule has 0 aliphatic carbocycles. The van der Waals surface area contributed by atoms with E-state index in [0.717, 1.165) is 24.3 Å². The van der Waals surface area contributed by atoms with Crippen molar-refractivity contribution in [1.29, 1.82) is 0 Å². The summed E-state index contributed by atoms with van der Waals surface area (Å²) in [7, 11) is 0. The second kappa shape index (κ2) is 14.1. The maximum absolute atomic E-state index is 14.0. The third-order valence-corrected chi connectivity index (χ3v) is 7.91. The highest BCUT2D eigenvalue weighted by Gasteiger charge is 2.33. The average Bonchev–Trinajstić information content (AvgIpc) is 2.98. The summed E-state index contributed by atoms with van der Waals surface area (Å²) in [4.78, 5) is 23.2. The molecule has 0 bridgehead atoms. The van der Waals surface area contributed by atoms with E-state index in [9.17, 15) is 35.9 Å². The van der Waals surface area contributed by atoms with Gasteiger partial charge in [-0.15, -0.1) is 0 Å². The Morgan fingerprint density at radius 2 is 1.45 bits per heavy atom. The molecule has 0 aliphatic rings. The summed E-state index contributed by atoms with van der Waals surface area (Å²) in [6, 6.07) is 16.5. The summed E-state index contributed by atoms with van der Waals surface area (Å²) in [6.45, 7) is 5.15. The Bertz CT molecular complexity index is 1780. The van der Waals surface area contributed by atoms with Gasteiger partial charge in [0, 0.05) is 29.9 Å². The van der Waals surface area contributed by atoms with Crippen LogP contribution in [0.15, 0.2) is 72.8 Å². The number of nitrogens with one attached hydrogen (secondary N) is 2. The Balaban J connectivity index is 1.67. The molecule has 4 aromatic rings. The Labute approximate surface area is 272 Å². The number of halogens is 7. The van der Waals surface area contributed by atoms with E-state index >= 15 is 0 Å². The summed E-state index contributed by atoms with van der Waals surface area (Å²) in [5.41, 5.74) is 2.39. The second-order valence-electron chi connectivity index (χ2n) is 11.3. The summed E-state index contributed by atoms with van der Waals surface area (Å²) in [6.07, 6.45) is -9.36. The molecule has 5 nitrogen and oxygen atoms in total. The van der Waals surface area contributed by atoms with E-state index in [2.05, 4.69) is 10.6 Å². The number of aryl methyl sites for hydroxylation is 1. The number of aliphatic carboxylic acids is 1. The zero-order valence-electron chi connectivity index (χ0n) is 25.5. The van der Waals surface area contributed by atoms with Crippen LogP contribution in [-0.4, -0.2) is 23.5 Å². The molecule has 0 aromatic heterocycles. The molecule has 12 heteroatoms. The molecule has 0 radical (unpaired) electrons. The van der Waals surface area contributed by atoms with Crippen LogP contribution >= 0.6 is 11.6 Å². The van der Waals surface area contributed by atoms with E-state index in [-0.39, 0.29) is 36.0 Å². The maximum Gasteiger partial charge on any atom is 0.416 e. The molecular weight excluding hydrogens is 646 g/mol. The molecule has 0 saturated heterocycles. The van der Waals surface area contributed by atoms with Gasteiger partial charge in [-0.3, -0.25) is 9.59 Å². The van der Waals surface area contributed by atoms with Crippen LogP contribution in [0, 0.1) is 6.92 Å². The van der Waals surface area contributed by atoms with Crippen molar-refractivity contribution < 1.29 is 41.0 Å². The molecule has 0 unspecified atom stereocenters. The van der Waals surface area contributed by atoms with Gasteiger partial charge in [0.2, 0.25) is 0 Å². The monoisotopic (exact) mass is 676 g/mol. The van der Waals surface area contributed by atoms with Crippen molar-refractivity contribution in [2.75, 3.05) is 11.9 Å². The van der Waals surface area contributed by atoms with Gasteiger partial charge in [-0.1, -0.05) is 49.7 Å². The third-order valence-electron chi connectivity index (χ3n) is 7.60. The molecule has 0 saturated carbocycles. The summed E-state index contributed by atoms with van der Waals surface area (Å²) in [5.74, 6) is -1.88. The minimum atomic E-state index is -4.62. The minimum absolute atomic E-state index is 0.0773. The topological polar surface area (TPSA) is 78.4 Å². The molecular formula is C35H31ClF6N2O3. The quantitative estimate of drug-likeness (QED) is 0.146. The number of hydrogen-bond acceptors (Lipinski definition) is 3. The van der Waals surface area contributed by atoms with Crippen LogP contribution in [0.4, 0.5) is 32.0 Å². The first-order valence-corrected chi connectivity index (χ1v) is 14.9. The van der Waals surface area contributed by atoms with Gasteiger partial charge < -0.3 is 15.7 Å². The lowest BCUT2D eigenvalue weighted by Gasteiger charge is -2.22. The smallest absolute Gasteiger partial charge is 0.416 e. The molecule has 0 fully saturated rings. The summed E-state index contributed by atoms with van der Waals surface area (Å²) < 4.78 is 81.4. The lowest BCUT2D eigenvalue weighted by atomic mass is 9.87. The van der Waals surface area contributed by atoms with Gasteiger partial charge in [-0.2, -0.15) is 26.3 Å². The van der Waals surface area contributed by atoms with Crippen molar-refractivity contribution in [3.05, 3.63) is 111 Å². The predicted molar refractivity (Wildman–Crippen MR) is 170 cm³/mol. The maximum atomic E-state index is 14.0. The van der Waals surface area contributed by atoms with Crippen LogP contribution in [0.2, 0.25) is 5.02 Å². The van der Waals surface area contributed by atoms with Crippen LogP contribution in [-0.2, 0) is 23.7 Å². The van der Waals surface area contributed by atoms with Crippen molar-refractivity contribution in [3.8, 4) is 22.3 Å². The molecule has 47 heavy (non-hydrogen) atoms. The number of carbonyl (C=O) groups excluding carboxylic acids is 1. The molecule has 0 aliphatic heterocycles. The standard InChI is InChI=1S/C35H31ClF6N2O3/c1-19(2)28-15-24(35(40,41)42)16-29(21-4-6-22(7-5-21)33(47)43-13-12-32(45)46)30(28)18-44-25-9-11-27(31(36)17-25)26-10-8-23(14-20(26)3)34(37,38)39/h4-11,14-17,19,44H,12-13,18H2,1-3H3,(H,43,47)(H,45,46). The minimum Gasteiger partial charge on any atom is -0.481 e. The lowest BCUT2D eigenvalue weighted by Crippen LogP contribution is -2.25. The molecule has 4 rings (SSSR count). The van der Waals surface area contributed by atoms with Gasteiger partial charge in [0.05, 0.1) is 22.6 Å². The van der Waals surface area contributed by atoms with Crippen LogP contribution in [0.25, 0.3) is 22.3 Å². The molecule has 0 atom stereocenters. The highest BCUT2D eigenvalue weighted by molar-refractivity contribution is 6.33. The Morgan fingerprint density at radius 1 is 0.809 bits per heavy atom. The fourth-order valence-electron chi connectivity index (χ4n) is 5.19. The van der Waals surface area contributed by atoms with E-state index in [1.807, 2.05) is 0 Å². The van der Waals surface area contributed by atoms with Crippen LogP contribution in [0.1, 0.15) is 64.4 Å². The van der Waals surface area contributed by atoms with Crippen molar-refractivity contribution in [1.82, 2.24) is 5.32 Å². The fraction of sp³-hybridized carbons (Fsp3) is 0.257. The number of amides is 1. The number of carbonyl (C=O) groups is 2. The van der Waals surface area contributed by atoms with E-state index in [1.54, 1.807) is 39.0 Å². The molecule has 3 N–H and O–H groups in total. The average molecular weight is 677 g/mol.